The fraction of sp³-hybridized carbons (Fsp3) is 0.556. The number of carbonyl (C=O) groups excluding carboxylic acids is 1. The van der Waals surface area contributed by atoms with Gasteiger partial charge in [0, 0.05) is 24.5 Å². The van der Waals surface area contributed by atoms with Crippen LogP contribution in [0.15, 0.2) is 29.4 Å². The predicted molar refractivity (Wildman–Crippen MR) is 105 cm³/mol. The van der Waals surface area contributed by atoms with Crippen molar-refractivity contribution in [2.45, 2.75) is 56.5 Å². The number of amides is 1. The van der Waals surface area contributed by atoms with Gasteiger partial charge in [-0.2, -0.15) is 0 Å². The van der Waals surface area contributed by atoms with E-state index in [0.29, 0.717) is 5.16 Å². The maximum atomic E-state index is 12.5. The quantitative estimate of drug-likeness (QED) is 0.782. The zero-order valence-corrected chi connectivity index (χ0v) is 16.4. The van der Waals surface area contributed by atoms with Crippen LogP contribution in [0.25, 0.3) is 0 Å². The topological polar surface area (TPSA) is 75.9 Å². The lowest BCUT2D eigenvalue weighted by Crippen LogP contribution is -2.29. The van der Waals surface area contributed by atoms with Crippen LogP contribution in [0.5, 0.6) is 0 Å². The molecule has 7 nitrogen and oxygen atoms in total. The second-order valence-electron chi connectivity index (χ2n) is 6.84. The van der Waals surface area contributed by atoms with E-state index >= 15 is 0 Å². The molecule has 0 radical (unpaired) electrons. The number of piperidine rings is 1. The molecule has 3 rings (SSSR count). The van der Waals surface area contributed by atoms with Gasteiger partial charge in [0.05, 0.1) is 11.3 Å². The first-order valence-electron chi connectivity index (χ1n) is 9.15. The highest BCUT2D eigenvalue weighted by atomic mass is 32.2. The molecule has 1 aliphatic heterocycles. The second-order valence-corrected chi connectivity index (χ2v) is 8.15. The smallest absolute Gasteiger partial charge is 0.237 e. The van der Waals surface area contributed by atoms with Crippen molar-refractivity contribution in [1.82, 2.24) is 20.2 Å². The lowest BCUT2D eigenvalue weighted by atomic mass is 10.1. The summed E-state index contributed by atoms with van der Waals surface area (Å²) in [7, 11) is 0. The summed E-state index contributed by atoms with van der Waals surface area (Å²) in [5.74, 6) is -0.0565. The predicted octanol–water partition coefficient (Wildman–Crippen LogP) is 3.36. The first kappa shape index (κ1) is 18.7. The number of hydrogen-bond donors (Lipinski definition) is 1. The number of benzene rings is 1. The molecule has 1 aromatic carbocycles. The third-order valence-electron chi connectivity index (χ3n) is 4.46. The summed E-state index contributed by atoms with van der Waals surface area (Å²) in [5.41, 5.74) is 2.04. The molecule has 1 fully saturated rings. The van der Waals surface area contributed by atoms with Crippen LogP contribution in [0.4, 0.5) is 11.4 Å². The molecule has 1 amide bonds. The molecule has 0 saturated carbocycles. The minimum Gasteiger partial charge on any atom is -0.372 e. The lowest BCUT2D eigenvalue weighted by molar-refractivity contribution is -0.115. The van der Waals surface area contributed by atoms with E-state index in [1.54, 1.807) is 4.68 Å². The zero-order chi connectivity index (χ0) is 18.5. The van der Waals surface area contributed by atoms with E-state index in [2.05, 4.69) is 37.9 Å². The number of anilines is 2. The number of aromatic nitrogens is 4. The Morgan fingerprint density at radius 1 is 1.12 bits per heavy atom. The van der Waals surface area contributed by atoms with Gasteiger partial charge in [-0.25, -0.2) is 4.68 Å². The minimum atomic E-state index is -0.291. The molecule has 0 aliphatic carbocycles. The Balaban J connectivity index is 1.57. The Morgan fingerprint density at radius 3 is 2.46 bits per heavy atom. The number of thioether (sulfide) groups is 1. The fourth-order valence-corrected chi connectivity index (χ4v) is 3.87. The Bertz CT molecular complexity index is 724. The highest BCUT2D eigenvalue weighted by molar-refractivity contribution is 8.00. The molecule has 0 unspecified atom stereocenters. The van der Waals surface area contributed by atoms with Crippen LogP contribution in [-0.2, 0) is 4.79 Å². The summed E-state index contributed by atoms with van der Waals surface area (Å²) in [4.78, 5) is 14.9. The van der Waals surface area contributed by atoms with E-state index in [1.807, 2.05) is 32.9 Å². The summed E-state index contributed by atoms with van der Waals surface area (Å²) in [5, 5.41) is 15.0. The maximum Gasteiger partial charge on any atom is 0.237 e. The van der Waals surface area contributed by atoms with Crippen molar-refractivity contribution in [3.63, 3.8) is 0 Å². The average Bonchev–Trinajstić information content (AvgIpc) is 3.11. The summed E-state index contributed by atoms with van der Waals surface area (Å²) in [6, 6.07) is 8.26. The van der Waals surface area contributed by atoms with E-state index in [9.17, 15) is 4.79 Å². The van der Waals surface area contributed by atoms with Gasteiger partial charge in [0.25, 0.3) is 0 Å². The molecule has 8 heteroatoms. The van der Waals surface area contributed by atoms with Gasteiger partial charge in [0.15, 0.2) is 0 Å². The summed E-state index contributed by atoms with van der Waals surface area (Å²) in [6.07, 6.45) is 3.83. The van der Waals surface area contributed by atoms with Crippen molar-refractivity contribution in [1.29, 1.82) is 0 Å². The number of nitrogens with one attached hydrogen (secondary N) is 1. The molecule has 2 aromatic rings. The van der Waals surface area contributed by atoms with E-state index in [0.717, 1.165) is 18.8 Å². The largest absolute Gasteiger partial charge is 0.372 e. The van der Waals surface area contributed by atoms with Crippen LogP contribution in [0.2, 0.25) is 0 Å². The zero-order valence-electron chi connectivity index (χ0n) is 15.6. The van der Waals surface area contributed by atoms with Crippen molar-refractivity contribution in [3.05, 3.63) is 24.3 Å². The van der Waals surface area contributed by atoms with Crippen molar-refractivity contribution in [2.24, 2.45) is 0 Å². The molecule has 140 valence electrons. The standard InChI is InChI=1S/C18H26N6OS/c1-13(2)24-18(20-21-22-24)26-14(3)17(25)19-15-7-9-16(10-8-15)23-11-5-4-6-12-23/h7-10,13-14H,4-6,11-12H2,1-3H3,(H,19,25)/t14-/m0/s1. The van der Waals surface area contributed by atoms with Crippen LogP contribution in [0.1, 0.15) is 46.1 Å². The number of nitrogens with zero attached hydrogens (tertiary/aromatic N) is 5. The Hall–Kier alpha value is -2.09. The van der Waals surface area contributed by atoms with Gasteiger partial charge in [-0.1, -0.05) is 11.8 Å². The molecule has 1 N–H and O–H groups in total. The van der Waals surface area contributed by atoms with Crippen LogP contribution in [0.3, 0.4) is 0 Å². The number of rotatable bonds is 6. The van der Waals surface area contributed by atoms with Crippen molar-refractivity contribution in [2.75, 3.05) is 23.3 Å². The Kier molecular flexibility index (Phi) is 6.13. The first-order valence-corrected chi connectivity index (χ1v) is 10.0. The summed E-state index contributed by atoms with van der Waals surface area (Å²) < 4.78 is 1.72. The summed E-state index contributed by atoms with van der Waals surface area (Å²) in [6.45, 7) is 8.11. The first-order chi connectivity index (χ1) is 12.5. The highest BCUT2D eigenvalue weighted by Crippen LogP contribution is 2.25. The molecule has 1 saturated heterocycles. The third-order valence-corrected chi connectivity index (χ3v) is 5.51. The number of tetrazole rings is 1. The van der Waals surface area contributed by atoms with Gasteiger partial charge < -0.3 is 10.2 Å². The van der Waals surface area contributed by atoms with Gasteiger partial charge in [0.1, 0.15) is 0 Å². The molecule has 1 aliphatic rings. The van der Waals surface area contributed by atoms with Gasteiger partial charge >= 0.3 is 0 Å². The maximum absolute atomic E-state index is 12.5. The van der Waals surface area contributed by atoms with Gasteiger partial charge in [-0.15, -0.1) is 5.10 Å². The molecule has 1 atom stereocenters. The average molecular weight is 375 g/mol. The number of hydrogen-bond acceptors (Lipinski definition) is 6. The molecule has 26 heavy (non-hydrogen) atoms. The van der Waals surface area contributed by atoms with Crippen molar-refractivity contribution < 1.29 is 4.79 Å². The van der Waals surface area contributed by atoms with Gasteiger partial charge in [0.2, 0.25) is 11.1 Å². The molecular weight excluding hydrogens is 348 g/mol. The van der Waals surface area contributed by atoms with Crippen LogP contribution >= 0.6 is 11.8 Å². The number of carbonyl (C=O) groups is 1. The SMILES string of the molecule is CC(C)n1nnnc1S[C@@H](C)C(=O)Nc1ccc(N2CCCCC2)cc1. The van der Waals surface area contributed by atoms with E-state index in [-0.39, 0.29) is 17.2 Å². The Morgan fingerprint density at radius 2 is 1.81 bits per heavy atom. The highest BCUT2D eigenvalue weighted by Gasteiger charge is 2.20. The van der Waals surface area contributed by atoms with Crippen molar-refractivity contribution in [3.8, 4) is 0 Å². The normalized spacial score (nSPS) is 15.9. The molecule has 0 bridgehead atoms. The van der Waals surface area contributed by atoms with E-state index < -0.39 is 0 Å². The van der Waals surface area contributed by atoms with Gasteiger partial charge in [-0.05, 0) is 74.7 Å². The van der Waals surface area contributed by atoms with E-state index in [4.69, 9.17) is 0 Å². The van der Waals surface area contributed by atoms with Crippen LogP contribution in [-0.4, -0.2) is 44.5 Å². The molecule has 2 heterocycles. The minimum absolute atomic E-state index is 0.0565. The lowest BCUT2D eigenvalue weighted by Gasteiger charge is -2.28. The molecule has 1 aromatic heterocycles. The third kappa shape index (κ3) is 4.55. The fourth-order valence-electron chi connectivity index (χ4n) is 2.95. The molecular formula is C18H26N6OS. The monoisotopic (exact) mass is 374 g/mol. The summed E-state index contributed by atoms with van der Waals surface area (Å²) >= 11 is 1.36. The second kappa shape index (κ2) is 8.53. The molecule has 0 spiro atoms. The van der Waals surface area contributed by atoms with Crippen LogP contribution < -0.4 is 10.2 Å². The van der Waals surface area contributed by atoms with E-state index in [1.165, 1.54) is 36.7 Å². The van der Waals surface area contributed by atoms with Crippen molar-refractivity contribution >= 4 is 29.0 Å². The van der Waals surface area contributed by atoms with Gasteiger partial charge in [-0.3, -0.25) is 4.79 Å². The van der Waals surface area contributed by atoms with Crippen LogP contribution in [0, 0.1) is 0 Å². The Labute approximate surface area is 158 Å².